The van der Waals surface area contributed by atoms with Crippen LogP contribution < -0.4 is 10.2 Å². The summed E-state index contributed by atoms with van der Waals surface area (Å²) in [6.45, 7) is 12.9. The first-order valence-electron chi connectivity index (χ1n) is 17.5. The number of carbonyl (C=O) groups is 4. The first-order chi connectivity index (χ1) is 24.4. The minimum Gasteiger partial charge on any atom is -0.463 e. The Hall–Kier alpha value is -3.51. The van der Waals surface area contributed by atoms with Gasteiger partial charge in [-0.2, -0.15) is 0 Å². The molecule has 3 fully saturated rings. The van der Waals surface area contributed by atoms with Gasteiger partial charge in [-0.1, -0.05) is 102 Å². The van der Waals surface area contributed by atoms with Crippen LogP contribution in [-0.4, -0.2) is 82.1 Å². The minimum absolute atomic E-state index is 0.102. The number of ether oxygens (including phenoxy) is 2. The third kappa shape index (κ3) is 7.27. The van der Waals surface area contributed by atoms with E-state index in [2.05, 4.69) is 34.4 Å². The van der Waals surface area contributed by atoms with Crippen molar-refractivity contribution < 1.29 is 33.8 Å². The number of likely N-dealkylation sites (tertiary alicyclic amines) is 1. The van der Waals surface area contributed by atoms with E-state index in [1.54, 1.807) is 24.3 Å². The van der Waals surface area contributed by atoms with E-state index in [1.165, 1.54) is 9.80 Å². The van der Waals surface area contributed by atoms with E-state index in [0.717, 1.165) is 11.1 Å². The number of rotatable bonds is 16. The van der Waals surface area contributed by atoms with Crippen molar-refractivity contribution in [2.75, 3.05) is 24.7 Å². The van der Waals surface area contributed by atoms with E-state index >= 15 is 4.79 Å². The summed E-state index contributed by atoms with van der Waals surface area (Å²) in [6.07, 6.45) is 4.04. The molecule has 51 heavy (non-hydrogen) atoms. The zero-order valence-electron chi connectivity index (χ0n) is 29.3. The van der Waals surface area contributed by atoms with Crippen molar-refractivity contribution in [3.05, 3.63) is 90.0 Å². The number of hydrogen-bond donors (Lipinski definition) is 2. The number of carbonyl (C=O) groups excluding carboxylic acids is 4. The molecule has 0 aromatic heterocycles. The maximum atomic E-state index is 15.1. The van der Waals surface area contributed by atoms with Crippen LogP contribution in [0.3, 0.4) is 0 Å². The summed E-state index contributed by atoms with van der Waals surface area (Å²) in [7, 11) is 0. The lowest BCUT2D eigenvalue weighted by Crippen LogP contribution is -2.60. The van der Waals surface area contributed by atoms with Gasteiger partial charge in [0.15, 0.2) is 0 Å². The minimum atomic E-state index is -1.39. The zero-order valence-corrected chi connectivity index (χ0v) is 31.6. The standard InChI is InChI=1S/C39H47BrClN3O7/c1-6-9-18-30(46)50-22-28(25-15-11-10-12-16-25)42-36(47)31-32-37(48)44(29(21-45)23(4)8-3)35(39(32)20-26(40)34(31)51-39)38(49)43(19-7-2)33-24(5)14-13-17-27(33)41/h6-7,10-17,23,26,28-29,31-32,34-35,45H,1-2,8-9,18-22H2,3-5H3,(H,42,47)/t23-,26?,28+,29-,31+,32-,34+,35+,39-/m0/s1. The highest BCUT2D eigenvalue weighted by Crippen LogP contribution is 2.61. The number of alkyl halides is 1. The molecule has 10 nitrogen and oxygen atoms in total. The molecular formula is C39H47BrClN3O7. The second kappa shape index (κ2) is 16.4. The van der Waals surface area contributed by atoms with Crippen LogP contribution >= 0.6 is 27.5 Å². The van der Waals surface area contributed by atoms with Crippen molar-refractivity contribution in [3.8, 4) is 0 Å². The van der Waals surface area contributed by atoms with Crippen LogP contribution in [0.4, 0.5) is 5.69 Å². The highest BCUT2D eigenvalue weighted by Gasteiger charge is 2.77. The van der Waals surface area contributed by atoms with Crippen LogP contribution in [-0.2, 0) is 28.7 Å². The SMILES string of the molecule is C=CCCC(=O)OC[C@@H](NC(=O)[C@H]1[C@@H]2O[C@@]3(CC2Br)[C@@H]1C(=O)N([C@@H](CO)[C@@H](C)CC)[C@@H]3C(=O)N(CC=C)c1c(C)cccc1Cl)c1ccccc1. The van der Waals surface area contributed by atoms with E-state index in [0.29, 0.717) is 23.6 Å². The van der Waals surface area contributed by atoms with Gasteiger partial charge < -0.3 is 29.7 Å². The lowest BCUT2D eigenvalue weighted by Gasteiger charge is -2.41. The molecule has 0 radical (unpaired) electrons. The third-order valence-electron chi connectivity index (χ3n) is 10.6. The number of aliphatic hydroxyl groups is 1. The number of halogens is 2. The topological polar surface area (TPSA) is 125 Å². The van der Waals surface area contributed by atoms with Crippen molar-refractivity contribution in [2.24, 2.45) is 17.8 Å². The fraction of sp³-hybridized carbons (Fsp3) is 0.487. The first-order valence-corrected chi connectivity index (χ1v) is 18.8. The summed E-state index contributed by atoms with van der Waals surface area (Å²) < 4.78 is 12.3. The number of esters is 1. The predicted molar refractivity (Wildman–Crippen MR) is 199 cm³/mol. The van der Waals surface area contributed by atoms with Gasteiger partial charge in [0.25, 0.3) is 5.91 Å². The summed E-state index contributed by atoms with van der Waals surface area (Å²) in [6, 6.07) is 11.9. The number of para-hydroxylation sites is 1. The molecule has 0 saturated carbocycles. The lowest BCUT2D eigenvalue weighted by molar-refractivity contribution is -0.147. The van der Waals surface area contributed by atoms with Gasteiger partial charge in [-0.25, -0.2) is 0 Å². The van der Waals surface area contributed by atoms with Crippen molar-refractivity contribution in [1.29, 1.82) is 0 Å². The molecule has 0 aliphatic carbocycles. The number of hydrogen-bond acceptors (Lipinski definition) is 7. The molecule has 5 rings (SSSR count). The van der Waals surface area contributed by atoms with E-state index in [-0.39, 0.29) is 43.3 Å². The van der Waals surface area contributed by atoms with Gasteiger partial charge >= 0.3 is 5.97 Å². The average Bonchev–Trinajstić information content (AvgIpc) is 3.72. The van der Waals surface area contributed by atoms with Crippen LogP contribution in [0.15, 0.2) is 73.8 Å². The Bertz CT molecular complexity index is 1620. The van der Waals surface area contributed by atoms with E-state index in [1.807, 2.05) is 57.2 Å². The Kier molecular flexibility index (Phi) is 12.5. The predicted octanol–water partition coefficient (Wildman–Crippen LogP) is 5.69. The first kappa shape index (κ1) is 38.7. The molecule has 2 N–H and O–H groups in total. The van der Waals surface area contributed by atoms with Gasteiger partial charge in [-0.05, 0) is 42.9 Å². The van der Waals surface area contributed by atoms with Crippen LogP contribution in [0.1, 0.15) is 56.7 Å². The fourth-order valence-corrected chi connectivity index (χ4v) is 9.26. The number of fused-ring (bicyclic) bond motifs is 1. The van der Waals surface area contributed by atoms with Crippen LogP contribution in [0, 0.1) is 24.7 Å². The Morgan fingerprint density at radius 2 is 1.92 bits per heavy atom. The van der Waals surface area contributed by atoms with Gasteiger partial charge in [-0.15, -0.1) is 13.2 Å². The number of nitrogens with zero attached hydrogens (tertiary/aromatic N) is 2. The smallest absolute Gasteiger partial charge is 0.306 e. The largest absolute Gasteiger partial charge is 0.463 e. The van der Waals surface area contributed by atoms with Gasteiger partial charge in [-0.3, -0.25) is 19.2 Å². The van der Waals surface area contributed by atoms with Crippen LogP contribution in [0.25, 0.3) is 0 Å². The van der Waals surface area contributed by atoms with E-state index < -0.39 is 65.4 Å². The molecule has 274 valence electrons. The number of allylic oxidation sites excluding steroid dienone is 1. The normalized spacial score (nSPS) is 26.6. The maximum absolute atomic E-state index is 15.1. The second-order valence-electron chi connectivity index (χ2n) is 13.7. The van der Waals surface area contributed by atoms with E-state index in [4.69, 9.17) is 21.1 Å². The number of benzene rings is 2. The summed E-state index contributed by atoms with van der Waals surface area (Å²) in [5.74, 6) is -3.91. The Morgan fingerprint density at radius 3 is 2.55 bits per heavy atom. The molecule has 9 atom stereocenters. The summed E-state index contributed by atoms with van der Waals surface area (Å²) in [5, 5.41) is 14.2. The highest BCUT2D eigenvalue weighted by atomic mass is 79.9. The Balaban J connectivity index is 1.56. The zero-order chi connectivity index (χ0) is 37.0. The summed E-state index contributed by atoms with van der Waals surface area (Å²) in [4.78, 5) is 59.6. The van der Waals surface area contributed by atoms with Crippen molar-refractivity contribution in [3.63, 3.8) is 0 Å². The number of nitrogens with one attached hydrogen (secondary N) is 1. The average molecular weight is 785 g/mol. The lowest BCUT2D eigenvalue weighted by atomic mass is 9.70. The van der Waals surface area contributed by atoms with Crippen LogP contribution in [0.2, 0.25) is 5.02 Å². The van der Waals surface area contributed by atoms with Crippen molar-refractivity contribution in [1.82, 2.24) is 10.2 Å². The number of amides is 3. The molecule has 3 aliphatic heterocycles. The molecule has 1 unspecified atom stereocenters. The molecule has 3 aliphatic rings. The van der Waals surface area contributed by atoms with Gasteiger partial charge in [0, 0.05) is 17.8 Å². The molecule has 2 bridgehead atoms. The van der Waals surface area contributed by atoms with Crippen LogP contribution in [0.5, 0.6) is 0 Å². The highest BCUT2D eigenvalue weighted by molar-refractivity contribution is 9.09. The Labute approximate surface area is 313 Å². The van der Waals surface area contributed by atoms with Gasteiger partial charge in [0.2, 0.25) is 11.8 Å². The van der Waals surface area contributed by atoms with Gasteiger partial charge in [0.1, 0.15) is 18.2 Å². The number of aryl methyl sites for hydroxylation is 1. The summed E-state index contributed by atoms with van der Waals surface area (Å²) >= 11 is 10.5. The Morgan fingerprint density at radius 1 is 1.20 bits per heavy atom. The molecule has 2 aromatic carbocycles. The third-order valence-corrected chi connectivity index (χ3v) is 11.8. The maximum Gasteiger partial charge on any atom is 0.306 e. The fourth-order valence-electron chi connectivity index (χ4n) is 7.99. The molecule has 3 amide bonds. The molecular weight excluding hydrogens is 738 g/mol. The molecule has 1 spiro atoms. The van der Waals surface area contributed by atoms with Gasteiger partial charge in [0.05, 0.1) is 47.3 Å². The van der Waals surface area contributed by atoms with Crippen molar-refractivity contribution >= 4 is 56.9 Å². The van der Waals surface area contributed by atoms with Crippen molar-refractivity contribution in [2.45, 2.75) is 81.1 Å². The molecule has 12 heteroatoms. The quantitative estimate of drug-likeness (QED) is 0.127. The monoisotopic (exact) mass is 783 g/mol. The second-order valence-corrected chi connectivity index (χ2v) is 15.3. The number of anilines is 1. The molecule has 2 aromatic rings. The molecule has 3 heterocycles. The number of aliphatic hydroxyl groups excluding tert-OH is 1. The summed E-state index contributed by atoms with van der Waals surface area (Å²) in [5.41, 5.74) is 0.582. The van der Waals surface area contributed by atoms with E-state index in [9.17, 15) is 19.5 Å². The molecule has 3 saturated heterocycles.